The van der Waals surface area contributed by atoms with Gasteiger partial charge in [0.05, 0.1) is 23.4 Å². The molecule has 0 atom stereocenters. The minimum absolute atomic E-state index is 0.163. The minimum Gasteiger partial charge on any atom is -0.466 e. The van der Waals surface area contributed by atoms with E-state index >= 15 is 0 Å². The number of pyridine rings is 1. The Bertz CT molecular complexity index is 1230. The highest BCUT2D eigenvalue weighted by Gasteiger charge is 2.18. The number of nitrogens with zero attached hydrogens (tertiary/aromatic N) is 4. The molecule has 0 bridgehead atoms. The molecule has 4 rings (SSSR count). The molecule has 1 aromatic carbocycles. The second kappa shape index (κ2) is 8.73. The minimum atomic E-state index is -0.297. The average Bonchev–Trinajstić information content (AvgIpc) is 3.15. The Balaban J connectivity index is 1.70. The first kappa shape index (κ1) is 19.6. The van der Waals surface area contributed by atoms with Crippen LogP contribution in [0, 0.1) is 0 Å². The number of aromatic nitrogens is 4. The number of rotatable bonds is 7. The van der Waals surface area contributed by atoms with E-state index in [0.717, 1.165) is 22.3 Å². The van der Waals surface area contributed by atoms with Gasteiger partial charge in [-0.1, -0.05) is 36.4 Å². The van der Waals surface area contributed by atoms with Crippen molar-refractivity contribution in [2.24, 2.45) is 0 Å². The molecule has 7 heteroatoms. The van der Waals surface area contributed by atoms with Gasteiger partial charge in [0.2, 0.25) is 0 Å². The van der Waals surface area contributed by atoms with E-state index in [1.807, 2.05) is 59.2 Å². The van der Waals surface area contributed by atoms with E-state index in [1.54, 1.807) is 6.07 Å². The van der Waals surface area contributed by atoms with Crippen molar-refractivity contribution >= 4 is 11.5 Å². The van der Waals surface area contributed by atoms with Crippen molar-refractivity contribution in [1.82, 2.24) is 19.4 Å². The van der Waals surface area contributed by atoms with E-state index in [1.165, 1.54) is 17.7 Å². The number of benzene rings is 1. The molecule has 0 aliphatic carbocycles. The third kappa shape index (κ3) is 4.15. The SMILES string of the molecule is CC(=O)OCCCCn1nc(-c2c(-c3ccccc3)nn3ccccc23)ccc1=O. The summed E-state index contributed by atoms with van der Waals surface area (Å²) in [5.74, 6) is -0.297. The van der Waals surface area contributed by atoms with Crippen LogP contribution in [-0.2, 0) is 16.1 Å². The van der Waals surface area contributed by atoms with Gasteiger partial charge in [-0.25, -0.2) is 9.20 Å². The molecule has 0 N–H and O–H groups in total. The van der Waals surface area contributed by atoms with Crippen LogP contribution in [0.25, 0.3) is 28.0 Å². The fourth-order valence-electron chi connectivity index (χ4n) is 3.37. The zero-order valence-corrected chi connectivity index (χ0v) is 16.7. The summed E-state index contributed by atoms with van der Waals surface area (Å²) < 4.78 is 8.24. The average molecular weight is 402 g/mol. The normalized spacial score (nSPS) is 11.0. The molecule has 0 unspecified atom stereocenters. The summed E-state index contributed by atoms with van der Waals surface area (Å²) in [5, 5.41) is 9.38. The molecule has 3 heterocycles. The van der Waals surface area contributed by atoms with Crippen LogP contribution in [0.4, 0.5) is 0 Å². The first-order valence-corrected chi connectivity index (χ1v) is 9.88. The topological polar surface area (TPSA) is 78.5 Å². The molecule has 7 nitrogen and oxygen atoms in total. The van der Waals surface area contributed by atoms with Crippen molar-refractivity contribution in [3.05, 3.63) is 77.2 Å². The van der Waals surface area contributed by atoms with Crippen LogP contribution >= 0.6 is 0 Å². The summed E-state index contributed by atoms with van der Waals surface area (Å²) in [6, 6.07) is 19.1. The lowest BCUT2D eigenvalue weighted by molar-refractivity contribution is -0.141. The Morgan fingerprint density at radius 2 is 1.77 bits per heavy atom. The lowest BCUT2D eigenvalue weighted by Gasteiger charge is -2.08. The van der Waals surface area contributed by atoms with E-state index in [9.17, 15) is 9.59 Å². The molecular formula is C23H22N4O3. The number of ether oxygens (including phenoxy) is 1. The van der Waals surface area contributed by atoms with Gasteiger partial charge in [0.1, 0.15) is 5.69 Å². The highest BCUT2D eigenvalue weighted by Crippen LogP contribution is 2.33. The monoisotopic (exact) mass is 402 g/mol. The predicted molar refractivity (Wildman–Crippen MR) is 114 cm³/mol. The molecule has 4 aromatic rings. The number of aryl methyl sites for hydroxylation is 1. The number of carbonyl (C=O) groups is 1. The molecule has 0 aliphatic rings. The Hall–Kier alpha value is -3.74. The quantitative estimate of drug-likeness (QED) is 0.349. The zero-order chi connectivity index (χ0) is 20.9. The van der Waals surface area contributed by atoms with Crippen LogP contribution in [-0.4, -0.2) is 32.0 Å². The number of unbranched alkanes of at least 4 members (excludes halogenated alkanes) is 1. The van der Waals surface area contributed by atoms with Crippen molar-refractivity contribution in [3.63, 3.8) is 0 Å². The molecule has 0 spiro atoms. The van der Waals surface area contributed by atoms with E-state index in [0.29, 0.717) is 31.7 Å². The van der Waals surface area contributed by atoms with Gasteiger partial charge in [-0.2, -0.15) is 10.2 Å². The van der Waals surface area contributed by atoms with E-state index in [-0.39, 0.29) is 11.5 Å². The molecule has 0 amide bonds. The van der Waals surface area contributed by atoms with Crippen LogP contribution in [0.2, 0.25) is 0 Å². The second-order valence-corrected chi connectivity index (χ2v) is 6.95. The third-order valence-electron chi connectivity index (χ3n) is 4.78. The molecule has 0 fully saturated rings. The van der Waals surface area contributed by atoms with Crippen molar-refractivity contribution in [1.29, 1.82) is 0 Å². The van der Waals surface area contributed by atoms with Crippen LogP contribution in [0.15, 0.2) is 71.7 Å². The van der Waals surface area contributed by atoms with Crippen molar-refractivity contribution in [3.8, 4) is 22.5 Å². The number of esters is 1. The first-order chi connectivity index (χ1) is 14.6. The summed E-state index contributed by atoms with van der Waals surface area (Å²) in [6.45, 7) is 2.18. The van der Waals surface area contributed by atoms with Gasteiger partial charge in [-0.3, -0.25) is 9.59 Å². The van der Waals surface area contributed by atoms with Gasteiger partial charge in [-0.05, 0) is 31.0 Å². The fourth-order valence-corrected chi connectivity index (χ4v) is 3.37. The molecule has 30 heavy (non-hydrogen) atoms. The summed E-state index contributed by atoms with van der Waals surface area (Å²) in [7, 11) is 0. The maximum Gasteiger partial charge on any atom is 0.302 e. The maximum atomic E-state index is 12.3. The van der Waals surface area contributed by atoms with Gasteiger partial charge in [-0.15, -0.1) is 0 Å². The van der Waals surface area contributed by atoms with Gasteiger partial charge in [0.15, 0.2) is 0 Å². The molecule has 0 radical (unpaired) electrons. The van der Waals surface area contributed by atoms with Gasteiger partial charge in [0, 0.05) is 31.3 Å². The number of hydrogen-bond donors (Lipinski definition) is 0. The Morgan fingerprint density at radius 1 is 0.967 bits per heavy atom. The van der Waals surface area contributed by atoms with Crippen LogP contribution in [0.5, 0.6) is 0 Å². The number of hydrogen-bond acceptors (Lipinski definition) is 5. The van der Waals surface area contributed by atoms with Crippen molar-refractivity contribution in [2.45, 2.75) is 26.3 Å². The fraction of sp³-hybridized carbons (Fsp3) is 0.217. The van der Waals surface area contributed by atoms with Crippen LogP contribution in [0.1, 0.15) is 19.8 Å². The third-order valence-corrected chi connectivity index (χ3v) is 4.78. The maximum absolute atomic E-state index is 12.3. The van der Waals surface area contributed by atoms with Crippen molar-refractivity contribution in [2.75, 3.05) is 6.61 Å². The second-order valence-electron chi connectivity index (χ2n) is 6.95. The molecule has 152 valence electrons. The molecule has 0 saturated heterocycles. The summed E-state index contributed by atoms with van der Waals surface area (Å²) in [6.07, 6.45) is 3.25. The number of fused-ring (bicyclic) bond motifs is 1. The van der Waals surface area contributed by atoms with Crippen molar-refractivity contribution < 1.29 is 9.53 Å². The highest BCUT2D eigenvalue weighted by molar-refractivity contribution is 5.90. The smallest absolute Gasteiger partial charge is 0.302 e. The molecule has 3 aromatic heterocycles. The Labute approximate surface area is 173 Å². The van der Waals surface area contributed by atoms with Gasteiger partial charge < -0.3 is 4.74 Å². The van der Waals surface area contributed by atoms with E-state index in [2.05, 4.69) is 5.10 Å². The number of carbonyl (C=O) groups excluding carboxylic acids is 1. The highest BCUT2D eigenvalue weighted by atomic mass is 16.5. The standard InChI is InChI=1S/C23H22N4O3/c1-17(28)30-16-8-7-15-27-21(29)13-12-19(24-27)22-20-11-5-6-14-26(20)25-23(22)18-9-3-2-4-10-18/h2-6,9-14H,7-8,15-16H2,1H3. The molecule has 0 saturated carbocycles. The largest absolute Gasteiger partial charge is 0.466 e. The van der Waals surface area contributed by atoms with Crippen LogP contribution in [0.3, 0.4) is 0 Å². The Morgan fingerprint density at radius 3 is 2.57 bits per heavy atom. The first-order valence-electron chi connectivity index (χ1n) is 9.88. The summed E-state index contributed by atoms with van der Waals surface area (Å²) in [4.78, 5) is 23.2. The summed E-state index contributed by atoms with van der Waals surface area (Å²) in [5.41, 5.74) is 4.13. The molecular weight excluding hydrogens is 380 g/mol. The lowest BCUT2D eigenvalue weighted by atomic mass is 10.0. The Kier molecular flexibility index (Phi) is 5.70. The van der Waals surface area contributed by atoms with Gasteiger partial charge in [0.25, 0.3) is 5.56 Å². The summed E-state index contributed by atoms with van der Waals surface area (Å²) >= 11 is 0. The molecule has 0 aliphatic heterocycles. The lowest BCUT2D eigenvalue weighted by Crippen LogP contribution is -2.22. The zero-order valence-electron chi connectivity index (χ0n) is 16.7. The predicted octanol–water partition coefficient (Wildman–Crippen LogP) is 3.57. The van der Waals surface area contributed by atoms with E-state index < -0.39 is 0 Å². The van der Waals surface area contributed by atoms with E-state index in [4.69, 9.17) is 9.84 Å². The van der Waals surface area contributed by atoms with Crippen LogP contribution < -0.4 is 5.56 Å². The van der Waals surface area contributed by atoms with Gasteiger partial charge >= 0.3 is 5.97 Å².